The van der Waals surface area contributed by atoms with Crippen molar-refractivity contribution in [1.29, 1.82) is 0 Å². The van der Waals surface area contributed by atoms with Crippen LogP contribution in [0.2, 0.25) is 0 Å². The van der Waals surface area contributed by atoms with Gasteiger partial charge in [0.2, 0.25) is 11.8 Å². The van der Waals surface area contributed by atoms with Crippen LogP contribution in [0.25, 0.3) is 0 Å². The third kappa shape index (κ3) is 4.66. The van der Waals surface area contributed by atoms with E-state index in [0.717, 1.165) is 45.2 Å². The number of hydrogen-bond donors (Lipinski definition) is 1. The van der Waals surface area contributed by atoms with Gasteiger partial charge in [0.15, 0.2) is 5.82 Å². The van der Waals surface area contributed by atoms with Crippen LogP contribution in [0.1, 0.15) is 73.4 Å². The normalized spacial score (nSPS) is 20.0. The standard InChI is InChI=1S/C20H29N5O3/c1-14-16(20(28)24-9-5-3-6-10-24)12-22-19(23-14)17-8-4-7-11-25(17)18(27)13-21-15(2)26/h12,17H,3-11,13H2,1-2H3,(H,21,26)/t17-/m0/s1. The highest BCUT2D eigenvalue weighted by Crippen LogP contribution is 2.29. The molecule has 28 heavy (non-hydrogen) atoms. The van der Waals surface area contributed by atoms with Crippen LogP contribution in [0, 0.1) is 6.92 Å². The van der Waals surface area contributed by atoms with Gasteiger partial charge in [0.25, 0.3) is 5.91 Å². The SMILES string of the molecule is CC(=O)NCC(=O)N1CCCC[C@H]1c1ncc(C(=O)N2CCCCC2)c(C)n1. The highest BCUT2D eigenvalue weighted by molar-refractivity contribution is 5.95. The van der Waals surface area contributed by atoms with Crippen molar-refractivity contribution in [3.05, 3.63) is 23.3 Å². The number of hydrogen-bond acceptors (Lipinski definition) is 5. The number of nitrogens with zero attached hydrogens (tertiary/aromatic N) is 4. The van der Waals surface area contributed by atoms with Crippen molar-refractivity contribution < 1.29 is 14.4 Å². The van der Waals surface area contributed by atoms with Crippen molar-refractivity contribution >= 4 is 17.7 Å². The molecule has 152 valence electrons. The molecule has 1 atom stereocenters. The number of likely N-dealkylation sites (tertiary alicyclic amines) is 2. The second-order valence-corrected chi connectivity index (χ2v) is 7.59. The van der Waals surface area contributed by atoms with Gasteiger partial charge in [-0.3, -0.25) is 14.4 Å². The molecule has 8 nitrogen and oxygen atoms in total. The van der Waals surface area contributed by atoms with E-state index in [0.29, 0.717) is 23.6 Å². The predicted molar refractivity (Wildman–Crippen MR) is 104 cm³/mol. The zero-order valence-corrected chi connectivity index (χ0v) is 16.7. The van der Waals surface area contributed by atoms with Gasteiger partial charge < -0.3 is 15.1 Å². The molecule has 1 aromatic rings. The van der Waals surface area contributed by atoms with Crippen molar-refractivity contribution in [3.8, 4) is 0 Å². The first-order chi connectivity index (χ1) is 13.5. The lowest BCUT2D eigenvalue weighted by molar-refractivity contribution is -0.136. The van der Waals surface area contributed by atoms with Crippen LogP contribution in [0.4, 0.5) is 0 Å². The molecule has 2 saturated heterocycles. The Balaban J connectivity index is 1.76. The first kappa shape index (κ1) is 20.2. The molecule has 0 bridgehead atoms. The van der Waals surface area contributed by atoms with Crippen molar-refractivity contribution in [2.75, 3.05) is 26.2 Å². The van der Waals surface area contributed by atoms with Crippen molar-refractivity contribution in [2.24, 2.45) is 0 Å². The number of amides is 3. The van der Waals surface area contributed by atoms with Gasteiger partial charge in [-0.15, -0.1) is 0 Å². The van der Waals surface area contributed by atoms with Gasteiger partial charge in [-0.2, -0.15) is 0 Å². The van der Waals surface area contributed by atoms with E-state index in [1.165, 1.54) is 13.3 Å². The summed E-state index contributed by atoms with van der Waals surface area (Å²) >= 11 is 0. The quantitative estimate of drug-likeness (QED) is 0.847. The molecular formula is C20H29N5O3. The molecule has 1 aromatic heterocycles. The highest BCUT2D eigenvalue weighted by Gasteiger charge is 2.31. The van der Waals surface area contributed by atoms with E-state index < -0.39 is 0 Å². The minimum atomic E-state index is -0.227. The number of nitrogens with one attached hydrogen (secondary N) is 1. The molecule has 0 spiro atoms. The van der Waals surface area contributed by atoms with Crippen molar-refractivity contribution in [1.82, 2.24) is 25.1 Å². The van der Waals surface area contributed by atoms with Crippen molar-refractivity contribution in [2.45, 2.75) is 58.4 Å². The second-order valence-electron chi connectivity index (χ2n) is 7.59. The van der Waals surface area contributed by atoms with Crippen LogP contribution in [0.3, 0.4) is 0 Å². The van der Waals surface area contributed by atoms with Crippen LogP contribution >= 0.6 is 0 Å². The predicted octanol–water partition coefficient (Wildman–Crippen LogP) is 1.60. The van der Waals surface area contributed by atoms with Gasteiger partial charge in [0, 0.05) is 32.8 Å². The topological polar surface area (TPSA) is 95.5 Å². The molecule has 2 fully saturated rings. The largest absolute Gasteiger partial charge is 0.347 e. The Morgan fingerprint density at radius 1 is 1.11 bits per heavy atom. The first-order valence-electron chi connectivity index (χ1n) is 10.1. The van der Waals surface area contributed by atoms with E-state index >= 15 is 0 Å². The molecule has 2 aliphatic heterocycles. The lowest BCUT2D eigenvalue weighted by Crippen LogP contribution is -2.44. The summed E-state index contributed by atoms with van der Waals surface area (Å²) in [6.45, 7) is 5.40. The fourth-order valence-electron chi connectivity index (χ4n) is 3.92. The maximum Gasteiger partial charge on any atom is 0.257 e. The fourth-order valence-corrected chi connectivity index (χ4v) is 3.92. The molecule has 0 unspecified atom stereocenters. The molecular weight excluding hydrogens is 358 g/mol. The average molecular weight is 387 g/mol. The van der Waals surface area contributed by atoms with Crippen LogP contribution in [0.15, 0.2) is 6.20 Å². The number of carbonyl (C=O) groups is 3. The number of aromatic nitrogens is 2. The summed E-state index contributed by atoms with van der Waals surface area (Å²) in [4.78, 5) is 49.1. The van der Waals surface area contributed by atoms with E-state index in [1.54, 1.807) is 11.1 Å². The summed E-state index contributed by atoms with van der Waals surface area (Å²) < 4.78 is 0. The van der Waals surface area contributed by atoms with E-state index in [1.807, 2.05) is 11.8 Å². The van der Waals surface area contributed by atoms with Gasteiger partial charge in [-0.25, -0.2) is 9.97 Å². The maximum atomic E-state index is 12.8. The summed E-state index contributed by atoms with van der Waals surface area (Å²) in [5.41, 5.74) is 1.19. The molecule has 0 saturated carbocycles. The lowest BCUT2D eigenvalue weighted by atomic mass is 10.0. The summed E-state index contributed by atoms with van der Waals surface area (Å²) in [6, 6.07) is -0.215. The Bertz CT molecular complexity index is 745. The minimum absolute atomic E-state index is 0.00835. The van der Waals surface area contributed by atoms with Gasteiger partial charge in [0.1, 0.15) is 0 Å². The lowest BCUT2D eigenvalue weighted by Gasteiger charge is -2.35. The summed E-state index contributed by atoms with van der Waals surface area (Å²) in [6.07, 6.45) is 7.55. The van der Waals surface area contributed by atoms with Crippen LogP contribution in [-0.4, -0.2) is 63.7 Å². The Labute approximate surface area is 165 Å². The third-order valence-corrected chi connectivity index (χ3v) is 5.48. The number of aryl methyl sites for hydroxylation is 1. The monoisotopic (exact) mass is 387 g/mol. The van der Waals surface area contributed by atoms with E-state index in [2.05, 4.69) is 15.3 Å². The molecule has 3 amide bonds. The Hall–Kier alpha value is -2.51. The van der Waals surface area contributed by atoms with E-state index in [-0.39, 0.29) is 30.3 Å². The number of piperidine rings is 2. The molecule has 3 heterocycles. The molecule has 0 aromatic carbocycles. The molecule has 0 radical (unpaired) electrons. The molecule has 2 aliphatic rings. The Morgan fingerprint density at radius 3 is 2.50 bits per heavy atom. The summed E-state index contributed by atoms with van der Waals surface area (Å²) in [5.74, 6) is 0.207. The zero-order chi connectivity index (χ0) is 20.1. The zero-order valence-electron chi connectivity index (χ0n) is 16.7. The first-order valence-corrected chi connectivity index (χ1v) is 10.1. The summed E-state index contributed by atoms with van der Waals surface area (Å²) in [7, 11) is 0. The van der Waals surface area contributed by atoms with Crippen LogP contribution in [0.5, 0.6) is 0 Å². The molecule has 3 rings (SSSR count). The highest BCUT2D eigenvalue weighted by atomic mass is 16.2. The smallest absolute Gasteiger partial charge is 0.257 e. The average Bonchev–Trinajstić information content (AvgIpc) is 2.72. The van der Waals surface area contributed by atoms with E-state index in [9.17, 15) is 14.4 Å². The van der Waals surface area contributed by atoms with Gasteiger partial charge in [-0.1, -0.05) is 0 Å². The molecule has 0 aliphatic carbocycles. The third-order valence-electron chi connectivity index (χ3n) is 5.48. The van der Waals surface area contributed by atoms with Crippen molar-refractivity contribution in [3.63, 3.8) is 0 Å². The fraction of sp³-hybridized carbons (Fsp3) is 0.650. The Morgan fingerprint density at radius 2 is 1.82 bits per heavy atom. The molecule has 1 N–H and O–H groups in total. The Kier molecular flexibility index (Phi) is 6.59. The molecule has 8 heteroatoms. The second kappa shape index (κ2) is 9.12. The minimum Gasteiger partial charge on any atom is -0.347 e. The van der Waals surface area contributed by atoms with Crippen LogP contribution in [-0.2, 0) is 9.59 Å². The maximum absolute atomic E-state index is 12.8. The van der Waals surface area contributed by atoms with E-state index in [4.69, 9.17) is 0 Å². The number of carbonyl (C=O) groups excluding carboxylic acids is 3. The number of rotatable bonds is 4. The summed E-state index contributed by atoms with van der Waals surface area (Å²) in [5, 5.41) is 2.57. The van der Waals surface area contributed by atoms with Gasteiger partial charge in [0.05, 0.1) is 23.8 Å². The van der Waals surface area contributed by atoms with Gasteiger partial charge in [-0.05, 0) is 45.4 Å². The van der Waals surface area contributed by atoms with Gasteiger partial charge >= 0.3 is 0 Å². The van der Waals surface area contributed by atoms with Crippen LogP contribution < -0.4 is 5.32 Å².